The molecule has 0 spiro atoms. The van der Waals surface area contributed by atoms with Gasteiger partial charge in [0.1, 0.15) is 6.10 Å². The van der Waals surface area contributed by atoms with Gasteiger partial charge in [-0.25, -0.2) is 0 Å². The van der Waals surface area contributed by atoms with E-state index >= 15 is 0 Å². The van der Waals surface area contributed by atoms with Crippen molar-refractivity contribution < 1.29 is 14.5 Å². The largest absolute Gasteiger partial charge is 0.461 e. The van der Waals surface area contributed by atoms with Crippen molar-refractivity contribution in [2.45, 2.75) is 50.0 Å². The highest BCUT2D eigenvalue weighted by Gasteiger charge is 2.34. The van der Waals surface area contributed by atoms with E-state index in [1.165, 1.54) is 28.5 Å². The van der Waals surface area contributed by atoms with Crippen LogP contribution in [0.3, 0.4) is 0 Å². The van der Waals surface area contributed by atoms with Crippen molar-refractivity contribution in [3.05, 3.63) is 123 Å². The quantitative estimate of drug-likeness (QED) is 0.142. The highest BCUT2D eigenvalue weighted by molar-refractivity contribution is 6.31. The van der Waals surface area contributed by atoms with Crippen LogP contribution in [0.15, 0.2) is 91.0 Å². The first-order valence-electron chi connectivity index (χ1n) is 12.7. The second kappa shape index (κ2) is 11.1. The Morgan fingerprint density at radius 1 is 0.946 bits per heavy atom. The van der Waals surface area contributed by atoms with E-state index in [4.69, 9.17) is 16.3 Å². The molecule has 1 fully saturated rings. The molecule has 0 radical (unpaired) electrons. The van der Waals surface area contributed by atoms with Gasteiger partial charge in [-0.2, -0.15) is 0 Å². The van der Waals surface area contributed by atoms with Crippen LogP contribution in [-0.2, 0) is 16.0 Å². The van der Waals surface area contributed by atoms with Crippen LogP contribution in [0.4, 0.5) is 5.69 Å². The molecule has 1 saturated carbocycles. The van der Waals surface area contributed by atoms with Crippen LogP contribution in [0.5, 0.6) is 0 Å². The number of carbonyl (C=O) groups excluding carboxylic acids is 1. The monoisotopic (exact) mass is 513 g/mol. The third kappa shape index (κ3) is 5.52. The predicted octanol–water partition coefficient (Wildman–Crippen LogP) is 8.00. The summed E-state index contributed by atoms with van der Waals surface area (Å²) in [6.07, 6.45) is 3.98. The molecule has 0 heterocycles. The highest BCUT2D eigenvalue weighted by Crippen LogP contribution is 2.40. The van der Waals surface area contributed by atoms with E-state index < -0.39 is 10.8 Å². The zero-order chi connectivity index (χ0) is 25.8. The average Bonchev–Trinajstić information content (AvgIpc) is 2.92. The number of non-ortho nitro benzene ring substituents is 1. The Labute approximate surface area is 221 Å². The van der Waals surface area contributed by atoms with E-state index in [1.54, 1.807) is 6.07 Å². The second-order valence-electron chi connectivity index (χ2n) is 9.64. The molecule has 1 aliphatic rings. The molecule has 1 aliphatic carbocycles. The Bertz CT molecular complexity index is 1420. The lowest BCUT2D eigenvalue weighted by Gasteiger charge is -2.33. The summed E-state index contributed by atoms with van der Waals surface area (Å²) >= 11 is 6.50. The molecule has 0 unspecified atom stereocenters. The smallest absolute Gasteiger partial charge is 0.314 e. The van der Waals surface area contributed by atoms with E-state index in [2.05, 4.69) is 30.3 Å². The van der Waals surface area contributed by atoms with Gasteiger partial charge in [0.05, 0.1) is 15.9 Å². The fourth-order valence-electron chi connectivity index (χ4n) is 5.48. The summed E-state index contributed by atoms with van der Waals surface area (Å²) in [6.45, 7) is 0. The minimum atomic E-state index is -0.675. The molecular weight excluding hydrogens is 486 g/mol. The molecule has 6 heteroatoms. The molecule has 5 rings (SSSR count). The maximum Gasteiger partial charge on any atom is 0.314 e. The molecule has 0 bridgehead atoms. The molecule has 5 nitrogen and oxygen atoms in total. The summed E-state index contributed by atoms with van der Waals surface area (Å²) in [5.41, 5.74) is 2.61. The molecule has 0 amide bonds. The van der Waals surface area contributed by atoms with Crippen molar-refractivity contribution >= 4 is 34.0 Å². The van der Waals surface area contributed by atoms with Crippen LogP contribution < -0.4 is 0 Å². The predicted molar refractivity (Wildman–Crippen MR) is 146 cm³/mol. The molecule has 0 N–H and O–H groups in total. The Balaban J connectivity index is 1.46. The average molecular weight is 514 g/mol. The number of hydrogen-bond donors (Lipinski definition) is 0. The third-order valence-electron chi connectivity index (χ3n) is 7.33. The number of benzene rings is 4. The van der Waals surface area contributed by atoms with Gasteiger partial charge >= 0.3 is 5.97 Å². The van der Waals surface area contributed by atoms with Gasteiger partial charge in [0, 0.05) is 18.1 Å². The van der Waals surface area contributed by atoms with E-state index in [0.29, 0.717) is 12.0 Å². The molecule has 0 aromatic heterocycles. The lowest BCUT2D eigenvalue weighted by Crippen LogP contribution is -2.31. The Morgan fingerprint density at radius 2 is 1.68 bits per heavy atom. The minimum absolute atomic E-state index is 0.105. The molecule has 37 heavy (non-hydrogen) atoms. The van der Waals surface area contributed by atoms with Crippen molar-refractivity contribution in [1.82, 2.24) is 0 Å². The fraction of sp³-hybridized carbons (Fsp3) is 0.258. The van der Waals surface area contributed by atoms with Gasteiger partial charge in [0.2, 0.25) is 0 Å². The van der Waals surface area contributed by atoms with Crippen LogP contribution in [0.2, 0.25) is 5.02 Å². The minimum Gasteiger partial charge on any atom is -0.461 e. The van der Waals surface area contributed by atoms with Crippen molar-refractivity contribution in [2.75, 3.05) is 0 Å². The third-order valence-corrected chi connectivity index (χ3v) is 7.66. The van der Waals surface area contributed by atoms with E-state index in [0.717, 1.165) is 31.2 Å². The molecular formula is C31H28ClNO4. The lowest BCUT2D eigenvalue weighted by atomic mass is 9.79. The van der Waals surface area contributed by atoms with Gasteiger partial charge in [0.15, 0.2) is 0 Å². The first-order chi connectivity index (χ1) is 18.0. The molecule has 0 saturated heterocycles. The SMILES string of the molecule is O=C(O[C@@H]1CCCC[C@H]1c1cccc2ccccc12)[C@@H](Cc1ccccc1)c1ccc([N+](=O)[O-])cc1Cl. The summed E-state index contributed by atoms with van der Waals surface area (Å²) in [7, 11) is 0. The normalized spacial score (nSPS) is 18.3. The molecule has 4 aromatic carbocycles. The summed E-state index contributed by atoms with van der Waals surface area (Å²) in [4.78, 5) is 24.6. The molecule has 188 valence electrons. The number of rotatable bonds is 7. The lowest BCUT2D eigenvalue weighted by molar-refractivity contribution is -0.384. The van der Waals surface area contributed by atoms with E-state index in [1.807, 2.05) is 42.5 Å². The van der Waals surface area contributed by atoms with Gasteiger partial charge in [-0.3, -0.25) is 14.9 Å². The van der Waals surface area contributed by atoms with Crippen molar-refractivity contribution in [1.29, 1.82) is 0 Å². The van der Waals surface area contributed by atoms with Crippen LogP contribution in [-0.4, -0.2) is 17.0 Å². The summed E-state index contributed by atoms with van der Waals surface area (Å²) < 4.78 is 6.30. The standard InChI is InChI=1S/C31H28ClNO4/c32-29-20-23(33(35)36)17-18-26(29)28(19-21-9-2-1-3-10-21)31(34)37-30-16-7-6-14-27(30)25-15-8-12-22-11-4-5-13-24(22)25/h1-5,8-13,15,17-18,20,27-28,30H,6-7,14,16,19H2/t27-,28-,30+/m0/s1. The van der Waals surface area contributed by atoms with Crippen molar-refractivity contribution in [3.8, 4) is 0 Å². The topological polar surface area (TPSA) is 69.4 Å². The number of nitrogens with zero attached hydrogens (tertiary/aromatic N) is 1. The first kappa shape index (κ1) is 25.0. The first-order valence-corrected chi connectivity index (χ1v) is 13.0. The van der Waals surface area contributed by atoms with E-state index in [9.17, 15) is 14.9 Å². The van der Waals surface area contributed by atoms with Gasteiger partial charge in [-0.15, -0.1) is 0 Å². The Morgan fingerprint density at radius 3 is 2.46 bits per heavy atom. The Kier molecular flexibility index (Phi) is 7.52. The van der Waals surface area contributed by atoms with Crippen molar-refractivity contribution in [3.63, 3.8) is 0 Å². The van der Waals surface area contributed by atoms with Crippen LogP contribution in [0.25, 0.3) is 10.8 Å². The fourth-order valence-corrected chi connectivity index (χ4v) is 5.79. The van der Waals surface area contributed by atoms with Crippen LogP contribution >= 0.6 is 11.6 Å². The number of halogens is 1. The highest BCUT2D eigenvalue weighted by atomic mass is 35.5. The maximum absolute atomic E-state index is 13.8. The van der Waals surface area contributed by atoms with Crippen molar-refractivity contribution in [2.24, 2.45) is 0 Å². The summed E-state index contributed by atoms with van der Waals surface area (Å²) in [5, 5.41) is 13.8. The summed E-state index contributed by atoms with van der Waals surface area (Å²) in [5.74, 6) is -0.920. The van der Waals surface area contributed by atoms with Gasteiger partial charge in [-0.1, -0.05) is 90.8 Å². The zero-order valence-corrected chi connectivity index (χ0v) is 21.1. The Hall–Kier alpha value is -3.70. The van der Waals surface area contributed by atoms with Crippen LogP contribution in [0.1, 0.15) is 54.2 Å². The van der Waals surface area contributed by atoms with Gasteiger partial charge in [0.25, 0.3) is 5.69 Å². The molecule has 3 atom stereocenters. The van der Waals surface area contributed by atoms with E-state index in [-0.39, 0.29) is 28.7 Å². The van der Waals surface area contributed by atoms with Gasteiger partial charge in [-0.05, 0) is 59.2 Å². The maximum atomic E-state index is 13.8. The summed E-state index contributed by atoms with van der Waals surface area (Å²) in [6, 6.07) is 28.6. The number of ether oxygens (including phenoxy) is 1. The number of carbonyl (C=O) groups is 1. The molecule has 0 aliphatic heterocycles. The number of esters is 1. The number of nitro benzene ring substituents is 1. The number of fused-ring (bicyclic) bond motifs is 1. The second-order valence-corrected chi connectivity index (χ2v) is 10.0. The molecule has 4 aromatic rings. The van der Waals surface area contributed by atoms with Gasteiger partial charge < -0.3 is 4.74 Å². The zero-order valence-electron chi connectivity index (χ0n) is 20.4. The number of nitro groups is 1. The number of hydrogen-bond acceptors (Lipinski definition) is 4. The van der Waals surface area contributed by atoms with Crippen LogP contribution in [0, 0.1) is 10.1 Å².